The highest BCUT2D eigenvalue weighted by atomic mass is 35.5. The molecule has 84 valence electrons. The van der Waals surface area contributed by atoms with Crippen molar-refractivity contribution in [3.8, 4) is 6.07 Å². The van der Waals surface area contributed by atoms with Gasteiger partial charge >= 0.3 is 5.97 Å². The first kappa shape index (κ1) is 12.3. The van der Waals surface area contributed by atoms with Crippen LogP contribution in [-0.4, -0.2) is 18.1 Å². The van der Waals surface area contributed by atoms with E-state index in [-0.39, 0.29) is 5.15 Å². The van der Waals surface area contributed by atoms with Crippen LogP contribution in [0.5, 0.6) is 0 Å². The average molecular weight is 247 g/mol. The van der Waals surface area contributed by atoms with Gasteiger partial charge in [-0.05, 0) is 6.07 Å². The number of pyridine rings is 1. The maximum Gasteiger partial charge on any atom is 0.341 e. The first-order chi connectivity index (χ1) is 7.51. The van der Waals surface area contributed by atoms with E-state index in [1.807, 2.05) is 0 Å². The number of ether oxygens (including phenoxy) is 1. The number of methoxy groups -OCH3 is 1. The fraction of sp³-hybridized carbons (Fsp3) is 0.222. The molecule has 0 amide bonds. The van der Waals surface area contributed by atoms with Gasteiger partial charge in [-0.15, -0.1) is 0 Å². The molecule has 0 saturated carbocycles. The quantitative estimate of drug-likeness (QED) is 0.593. The molecule has 0 radical (unpaired) electrons. The zero-order valence-corrected chi connectivity index (χ0v) is 8.76. The Morgan fingerprint density at radius 3 is 2.75 bits per heavy atom. The van der Waals surface area contributed by atoms with Gasteiger partial charge in [0.2, 0.25) is 0 Å². The van der Waals surface area contributed by atoms with E-state index in [1.165, 1.54) is 6.07 Å². The van der Waals surface area contributed by atoms with E-state index in [1.54, 1.807) is 0 Å². The van der Waals surface area contributed by atoms with Gasteiger partial charge in [0, 0.05) is 5.56 Å². The Hall–Kier alpha value is -1.74. The number of aromatic nitrogens is 1. The normalized spacial score (nSPS) is 10.0. The minimum Gasteiger partial charge on any atom is -0.465 e. The van der Waals surface area contributed by atoms with Gasteiger partial charge in [-0.2, -0.15) is 5.26 Å². The second-order valence-electron chi connectivity index (χ2n) is 2.66. The van der Waals surface area contributed by atoms with Gasteiger partial charge in [0.25, 0.3) is 6.43 Å². The van der Waals surface area contributed by atoms with Crippen molar-refractivity contribution in [2.75, 3.05) is 7.11 Å². The SMILES string of the molecule is COC(=O)c1c(C(F)F)cc(Cl)nc1C#N. The molecule has 0 spiro atoms. The van der Waals surface area contributed by atoms with Crippen molar-refractivity contribution in [3.63, 3.8) is 0 Å². The number of carbonyl (C=O) groups is 1. The predicted octanol–water partition coefficient (Wildman–Crippen LogP) is 2.33. The van der Waals surface area contributed by atoms with E-state index in [9.17, 15) is 13.6 Å². The summed E-state index contributed by atoms with van der Waals surface area (Å²) >= 11 is 5.45. The van der Waals surface area contributed by atoms with Gasteiger partial charge in [-0.1, -0.05) is 11.6 Å². The third-order valence-corrected chi connectivity index (χ3v) is 1.94. The Balaban J connectivity index is 3.53. The van der Waals surface area contributed by atoms with Crippen molar-refractivity contribution in [1.82, 2.24) is 4.98 Å². The maximum atomic E-state index is 12.6. The summed E-state index contributed by atoms with van der Waals surface area (Å²) in [5, 5.41) is 8.39. The lowest BCUT2D eigenvalue weighted by Crippen LogP contribution is -2.10. The van der Waals surface area contributed by atoms with E-state index < -0.39 is 29.2 Å². The van der Waals surface area contributed by atoms with E-state index in [0.29, 0.717) is 0 Å². The van der Waals surface area contributed by atoms with E-state index in [2.05, 4.69) is 9.72 Å². The van der Waals surface area contributed by atoms with Gasteiger partial charge in [0.15, 0.2) is 5.69 Å². The number of hydrogen-bond donors (Lipinski definition) is 0. The number of hydrogen-bond acceptors (Lipinski definition) is 4. The minimum absolute atomic E-state index is 0.278. The molecule has 0 unspecified atom stereocenters. The van der Waals surface area contributed by atoms with Gasteiger partial charge in [-0.25, -0.2) is 18.6 Å². The molecule has 1 rings (SSSR count). The van der Waals surface area contributed by atoms with Crippen molar-refractivity contribution in [1.29, 1.82) is 5.26 Å². The van der Waals surface area contributed by atoms with Gasteiger partial charge < -0.3 is 4.74 Å². The summed E-state index contributed by atoms with van der Waals surface area (Å²) in [4.78, 5) is 14.7. The fourth-order valence-electron chi connectivity index (χ4n) is 1.10. The molecule has 0 bridgehead atoms. The average Bonchev–Trinajstić information content (AvgIpc) is 2.26. The summed E-state index contributed by atoms with van der Waals surface area (Å²) in [5.41, 5.74) is -1.69. The Morgan fingerprint density at radius 2 is 2.31 bits per heavy atom. The van der Waals surface area contributed by atoms with Crippen LogP contribution in [0, 0.1) is 11.3 Å². The molecule has 1 heterocycles. The smallest absolute Gasteiger partial charge is 0.341 e. The van der Waals surface area contributed by atoms with Gasteiger partial charge in [0.05, 0.1) is 7.11 Å². The standard InChI is InChI=1S/C9H5ClF2N2O2/c1-16-9(15)7-4(8(11)12)2-6(10)14-5(7)3-13/h2,8H,1H3. The van der Waals surface area contributed by atoms with Crippen LogP contribution in [0.15, 0.2) is 6.07 Å². The van der Waals surface area contributed by atoms with E-state index in [0.717, 1.165) is 13.2 Å². The molecule has 0 N–H and O–H groups in total. The van der Waals surface area contributed by atoms with Crippen LogP contribution >= 0.6 is 11.6 Å². The Kier molecular flexibility index (Phi) is 3.74. The van der Waals surface area contributed by atoms with Crippen LogP contribution in [0.2, 0.25) is 5.15 Å². The molecule has 1 aromatic rings. The summed E-state index contributed by atoms with van der Waals surface area (Å²) in [7, 11) is 1.02. The molecule has 0 fully saturated rings. The van der Waals surface area contributed by atoms with E-state index >= 15 is 0 Å². The summed E-state index contributed by atoms with van der Waals surface area (Å²) in [6.07, 6.45) is -2.94. The van der Waals surface area contributed by atoms with Crippen LogP contribution in [0.4, 0.5) is 8.78 Å². The molecule has 4 nitrogen and oxygen atoms in total. The zero-order chi connectivity index (χ0) is 12.3. The lowest BCUT2D eigenvalue weighted by molar-refractivity contribution is 0.0588. The molecular weight excluding hydrogens is 242 g/mol. The van der Waals surface area contributed by atoms with E-state index in [4.69, 9.17) is 16.9 Å². The minimum atomic E-state index is -2.94. The molecule has 0 saturated heterocycles. The molecule has 1 aromatic heterocycles. The number of nitriles is 1. The highest BCUT2D eigenvalue weighted by Gasteiger charge is 2.24. The van der Waals surface area contributed by atoms with Crippen LogP contribution < -0.4 is 0 Å². The lowest BCUT2D eigenvalue weighted by atomic mass is 10.1. The van der Waals surface area contributed by atoms with Crippen molar-refractivity contribution < 1.29 is 18.3 Å². The van der Waals surface area contributed by atoms with Crippen molar-refractivity contribution in [2.45, 2.75) is 6.43 Å². The van der Waals surface area contributed by atoms with Crippen LogP contribution in [0.25, 0.3) is 0 Å². The summed E-state index contributed by atoms with van der Waals surface area (Å²) in [6.45, 7) is 0. The number of esters is 1. The molecule has 0 aliphatic rings. The molecule has 0 aromatic carbocycles. The monoisotopic (exact) mass is 246 g/mol. The van der Waals surface area contributed by atoms with Gasteiger partial charge in [0.1, 0.15) is 16.8 Å². The number of nitrogens with zero attached hydrogens (tertiary/aromatic N) is 2. The first-order valence-corrected chi connectivity index (χ1v) is 4.36. The van der Waals surface area contributed by atoms with Crippen molar-refractivity contribution in [3.05, 3.63) is 28.0 Å². The Labute approximate surface area is 94.4 Å². The molecule has 0 aliphatic carbocycles. The Morgan fingerprint density at radius 1 is 1.69 bits per heavy atom. The second kappa shape index (κ2) is 4.86. The predicted molar refractivity (Wildman–Crippen MR) is 50.3 cm³/mol. The number of carbonyl (C=O) groups excluding carboxylic acids is 1. The Bertz CT molecular complexity index is 471. The van der Waals surface area contributed by atoms with Crippen LogP contribution in [-0.2, 0) is 4.74 Å². The summed E-state index contributed by atoms with van der Waals surface area (Å²) in [5.74, 6) is -1.05. The third-order valence-electron chi connectivity index (χ3n) is 1.75. The summed E-state index contributed by atoms with van der Waals surface area (Å²) < 4.78 is 29.5. The molecule has 16 heavy (non-hydrogen) atoms. The first-order valence-electron chi connectivity index (χ1n) is 3.98. The van der Waals surface area contributed by atoms with Crippen LogP contribution in [0.1, 0.15) is 28.0 Å². The molecule has 0 aliphatic heterocycles. The fourth-order valence-corrected chi connectivity index (χ4v) is 1.30. The van der Waals surface area contributed by atoms with Gasteiger partial charge in [-0.3, -0.25) is 0 Å². The molecule has 0 atom stereocenters. The highest BCUT2D eigenvalue weighted by molar-refractivity contribution is 6.29. The summed E-state index contributed by atoms with van der Waals surface area (Å²) in [6, 6.07) is 2.35. The lowest BCUT2D eigenvalue weighted by Gasteiger charge is -2.08. The van der Waals surface area contributed by atoms with Crippen LogP contribution in [0.3, 0.4) is 0 Å². The highest BCUT2D eigenvalue weighted by Crippen LogP contribution is 2.27. The van der Waals surface area contributed by atoms with Crippen molar-refractivity contribution in [2.24, 2.45) is 0 Å². The number of alkyl halides is 2. The van der Waals surface area contributed by atoms with Crippen molar-refractivity contribution >= 4 is 17.6 Å². The molecule has 7 heteroatoms. The second-order valence-corrected chi connectivity index (χ2v) is 3.05. The number of halogens is 3. The zero-order valence-electron chi connectivity index (χ0n) is 8.00. The number of rotatable bonds is 2. The third kappa shape index (κ3) is 2.25. The largest absolute Gasteiger partial charge is 0.465 e. The topological polar surface area (TPSA) is 63.0 Å². The molecular formula is C9H5ClF2N2O2. The maximum absolute atomic E-state index is 12.6.